The van der Waals surface area contributed by atoms with Crippen LogP contribution in [0.25, 0.3) is 10.9 Å². The van der Waals surface area contributed by atoms with Crippen molar-refractivity contribution in [3.05, 3.63) is 69.6 Å². The fraction of sp³-hybridized carbons (Fsp3) is 0.318. The highest BCUT2D eigenvalue weighted by Crippen LogP contribution is 2.25. The van der Waals surface area contributed by atoms with Crippen LogP contribution in [0.15, 0.2) is 36.5 Å². The molecule has 0 bridgehead atoms. The van der Waals surface area contributed by atoms with Crippen LogP contribution >= 0.6 is 11.6 Å². The average Bonchev–Trinajstić information content (AvgIpc) is 3.12. The van der Waals surface area contributed by atoms with E-state index < -0.39 is 0 Å². The number of carbonyl (C=O) groups is 1. The van der Waals surface area contributed by atoms with Crippen molar-refractivity contribution < 1.29 is 9.18 Å². The van der Waals surface area contributed by atoms with Crippen molar-refractivity contribution in [1.29, 1.82) is 0 Å². The van der Waals surface area contributed by atoms with E-state index in [1.807, 2.05) is 36.2 Å². The van der Waals surface area contributed by atoms with E-state index in [4.69, 9.17) is 11.6 Å². The molecule has 0 saturated carbocycles. The summed E-state index contributed by atoms with van der Waals surface area (Å²) < 4.78 is 13.7. The molecular weight excluding hydrogens is 377 g/mol. The highest BCUT2D eigenvalue weighted by molar-refractivity contribution is 6.34. The summed E-state index contributed by atoms with van der Waals surface area (Å²) in [6.07, 6.45) is 1.84. The number of benzene rings is 2. The molecule has 1 aliphatic heterocycles. The van der Waals surface area contributed by atoms with Crippen LogP contribution in [0.1, 0.15) is 27.0 Å². The number of halogens is 2. The second-order valence-corrected chi connectivity index (χ2v) is 7.90. The highest BCUT2D eigenvalue weighted by Gasteiger charge is 2.24. The molecule has 1 aliphatic rings. The van der Waals surface area contributed by atoms with Crippen LogP contribution in [0.3, 0.4) is 0 Å². The van der Waals surface area contributed by atoms with Gasteiger partial charge in [0.05, 0.1) is 10.6 Å². The molecule has 4 rings (SSSR count). The Labute approximate surface area is 168 Å². The van der Waals surface area contributed by atoms with Crippen molar-refractivity contribution in [2.75, 3.05) is 26.2 Å². The molecule has 0 unspecified atom stereocenters. The van der Waals surface area contributed by atoms with Gasteiger partial charge in [0.2, 0.25) is 0 Å². The second kappa shape index (κ2) is 7.57. The van der Waals surface area contributed by atoms with Crippen LogP contribution in [0, 0.1) is 19.7 Å². The maximum Gasteiger partial charge on any atom is 0.255 e. The Bertz CT molecular complexity index is 1040. The number of carbonyl (C=O) groups excluding carboxylic acids is 1. The zero-order valence-electron chi connectivity index (χ0n) is 16.1. The highest BCUT2D eigenvalue weighted by atomic mass is 35.5. The standard InChI is InChI=1S/C22H23ClFN3O/c1-14-10-20(24)15(2)9-17(14)13-26-5-7-27(8-6-26)22(28)18-11-16-3-4-25-21(16)12-19(18)23/h3-4,9-12,25H,5-8,13H2,1-2H3. The van der Waals surface area contributed by atoms with Gasteiger partial charge >= 0.3 is 0 Å². The molecule has 1 amide bonds. The molecule has 0 aliphatic carbocycles. The van der Waals surface area contributed by atoms with Crippen LogP contribution in [0.5, 0.6) is 0 Å². The van der Waals surface area contributed by atoms with Gasteiger partial charge < -0.3 is 9.88 Å². The molecular formula is C22H23ClFN3O. The third kappa shape index (κ3) is 3.64. The van der Waals surface area contributed by atoms with E-state index in [1.165, 1.54) is 0 Å². The van der Waals surface area contributed by atoms with Gasteiger partial charge in [0.25, 0.3) is 5.91 Å². The molecule has 28 heavy (non-hydrogen) atoms. The summed E-state index contributed by atoms with van der Waals surface area (Å²) in [5, 5.41) is 1.45. The van der Waals surface area contributed by atoms with Crippen molar-refractivity contribution in [2.24, 2.45) is 0 Å². The number of amides is 1. The summed E-state index contributed by atoms with van der Waals surface area (Å²) in [5.74, 6) is -0.186. The number of aromatic amines is 1. The third-order valence-corrected chi connectivity index (χ3v) is 5.85. The van der Waals surface area contributed by atoms with Gasteiger partial charge in [-0.05, 0) is 54.8 Å². The monoisotopic (exact) mass is 399 g/mol. The summed E-state index contributed by atoms with van der Waals surface area (Å²) in [5.41, 5.74) is 4.25. The van der Waals surface area contributed by atoms with E-state index in [2.05, 4.69) is 9.88 Å². The normalized spacial score (nSPS) is 15.4. The fourth-order valence-electron chi connectivity index (χ4n) is 3.77. The molecule has 1 aromatic heterocycles. The van der Waals surface area contributed by atoms with E-state index in [1.54, 1.807) is 19.1 Å². The Balaban J connectivity index is 1.43. The predicted octanol–water partition coefficient (Wildman–Crippen LogP) is 4.54. The number of hydrogen-bond acceptors (Lipinski definition) is 2. The van der Waals surface area contributed by atoms with Gasteiger partial charge in [0, 0.05) is 49.8 Å². The first kappa shape index (κ1) is 19.0. The number of nitrogens with one attached hydrogen (secondary N) is 1. The molecule has 2 heterocycles. The Morgan fingerprint density at radius 2 is 1.86 bits per heavy atom. The lowest BCUT2D eigenvalue weighted by Gasteiger charge is -2.35. The maximum atomic E-state index is 13.7. The van der Waals surface area contributed by atoms with Crippen molar-refractivity contribution in [2.45, 2.75) is 20.4 Å². The quantitative estimate of drug-likeness (QED) is 0.702. The summed E-state index contributed by atoms with van der Waals surface area (Å²) in [6, 6.07) is 9.12. The molecule has 0 atom stereocenters. The number of piperazine rings is 1. The number of H-pyrrole nitrogens is 1. The molecule has 3 aromatic rings. The first-order valence-electron chi connectivity index (χ1n) is 9.46. The Hall–Kier alpha value is -2.37. The largest absolute Gasteiger partial charge is 0.361 e. The Morgan fingerprint density at radius 1 is 1.11 bits per heavy atom. The van der Waals surface area contributed by atoms with Crippen molar-refractivity contribution in [3.63, 3.8) is 0 Å². The molecule has 1 N–H and O–H groups in total. The molecule has 4 nitrogen and oxygen atoms in total. The van der Waals surface area contributed by atoms with E-state index >= 15 is 0 Å². The number of hydrogen-bond donors (Lipinski definition) is 1. The van der Waals surface area contributed by atoms with Crippen LogP contribution in [-0.4, -0.2) is 46.9 Å². The van der Waals surface area contributed by atoms with Crippen molar-refractivity contribution in [3.8, 4) is 0 Å². The lowest BCUT2D eigenvalue weighted by atomic mass is 10.0. The Morgan fingerprint density at radius 3 is 2.61 bits per heavy atom. The minimum atomic E-state index is -0.159. The number of rotatable bonds is 3. The van der Waals surface area contributed by atoms with Crippen molar-refractivity contribution >= 4 is 28.4 Å². The van der Waals surface area contributed by atoms with Crippen LogP contribution in [0.2, 0.25) is 5.02 Å². The molecule has 2 aromatic carbocycles. The van der Waals surface area contributed by atoms with E-state index in [0.29, 0.717) is 29.2 Å². The summed E-state index contributed by atoms with van der Waals surface area (Å²) >= 11 is 6.35. The van der Waals surface area contributed by atoms with Gasteiger partial charge in [0.1, 0.15) is 5.82 Å². The van der Waals surface area contributed by atoms with E-state index in [9.17, 15) is 9.18 Å². The van der Waals surface area contributed by atoms with Gasteiger partial charge in [-0.25, -0.2) is 4.39 Å². The van der Waals surface area contributed by atoms with Crippen molar-refractivity contribution in [1.82, 2.24) is 14.8 Å². The van der Waals surface area contributed by atoms with Gasteiger partial charge in [0.15, 0.2) is 0 Å². The minimum absolute atomic E-state index is 0.0263. The smallest absolute Gasteiger partial charge is 0.255 e. The molecule has 6 heteroatoms. The van der Waals surface area contributed by atoms with Gasteiger partial charge in [-0.3, -0.25) is 9.69 Å². The van der Waals surface area contributed by atoms with Crippen LogP contribution in [0.4, 0.5) is 4.39 Å². The first-order valence-corrected chi connectivity index (χ1v) is 9.84. The van der Waals surface area contributed by atoms with E-state index in [-0.39, 0.29) is 11.7 Å². The number of nitrogens with zero attached hydrogens (tertiary/aromatic N) is 2. The fourth-order valence-corrected chi connectivity index (χ4v) is 4.01. The molecule has 0 spiro atoms. The van der Waals surface area contributed by atoms with Gasteiger partial charge in [-0.1, -0.05) is 17.7 Å². The first-order chi connectivity index (χ1) is 13.4. The van der Waals surface area contributed by atoms with Gasteiger partial charge in [-0.2, -0.15) is 0 Å². The van der Waals surface area contributed by atoms with Crippen LogP contribution < -0.4 is 0 Å². The summed E-state index contributed by atoms with van der Waals surface area (Å²) in [4.78, 5) is 20.2. The topological polar surface area (TPSA) is 39.3 Å². The molecule has 146 valence electrons. The number of aromatic nitrogens is 1. The summed E-state index contributed by atoms with van der Waals surface area (Å²) in [7, 11) is 0. The predicted molar refractivity (Wildman–Crippen MR) is 110 cm³/mol. The number of fused-ring (bicyclic) bond motifs is 1. The molecule has 1 saturated heterocycles. The third-order valence-electron chi connectivity index (χ3n) is 5.54. The van der Waals surface area contributed by atoms with Crippen LogP contribution in [-0.2, 0) is 6.54 Å². The van der Waals surface area contributed by atoms with Gasteiger partial charge in [-0.15, -0.1) is 0 Å². The summed E-state index contributed by atoms with van der Waals surface area (Å²) in [6.45, 7) is 7.37. The molecule has 1 fully saturated rings. The SMILES string of the molecule is Cc1cc(CN2CCN(C(=O)c3cc4cc[nH]c4cc3Cl)CC2)c(C)cc1F. The van der Waals surface area contributed by atoms with E-state index in [0.717, 1.165) is 41.7 Å². The lowest BCUT2D eigenvalue weighted by molar-refractivity contribution is 0.0628. The zero-order valence-corrected chi connectivity index (χ0v) is 16.8. The number of aryl methyl sites for hydroxylation is 2. The second-order valence-electron chi connectivity index (χ2n) is 7.49. The average molecular weight is 400 g/mol. The zero-order chi connectivity index (χ0) is 19.8. The lowest BCUT2D eigenvalue weighted by Crippen LogP contribution is -2.48. The maximum absolute atomic E-state index is 13.7. The molecule has 0 radical (unpaired) electrons. The minimum Gasteiger partial charge on any atom is -0.361 e. The Kier molecular flexibility index (Phi) is 5.13.